The molecule has 4 heteroatoms. The Balaban J connectivity index is 1.58. The first kappa shape index (κ1) is 11.6. The average Bonchev–Trinajstić information content (AvgIpc) is 2.98. The number of halogens is 1. The Kier molecular flexibility index (Phi) is 4.20. The second kappa shape index (κ2) is 5.43. The van der Waals surface area contributed by atoms with E-state index in [1.165, 1.54) is 21.5 Å². The molecule has 0 amide bonds. The summed E-state index contributed by atoms with van der Waals surface area (Å²) < 4.78 is 1.20. The molecule has 0 bridgehead atoms. The smallest absolute Gasteiger partial charge is 0.0701 e. The van der Waals surface area contributed by atoms with Crippen LogP contribution in [-0.4, -0.2) is 12.6 Å². The minimum Gasteiger partial charge on any atom is -0.327 e. The summed E-state index contributed by atoms with van der Waals surface area (Å²) in [5.41, 5.74) is 6.02. The Morgan fingerprint density at radius 3 is 2.93 bits per heavy atom. The monoisotopic (exact) mass is 288 g/mol. The molecule has 2 rings (SSSR count). The molecule has 1 aromatic rings. The molecular formula is C11H17BrN2S. The van der Waals surface area contributed by atoms with Gasteiger partial charge in [-0.05, 0) is 59.8 Å². The second-order valence-corrected chi connectivity index (χ2v) is 6.72. The third kappa shape index (κ3) is 3.87. The number of nitrogens with one attached hydrogen (secondary N) is 1. The Bertz CT molecular complexity index is 309. The van der Waals surface area contributed by atoms with Crippen LogP contribution >= 0.6 is 27.3 Å². The highest BCUT2D eigenvalue weighted by atomic mass is 79.9. The zero-order chi connectivity index (χ0) is 10.7. The molecule has 1 heterocycles. The van der Waals surface area contributed by atoms with E-state index < -0.39 is 0 Å². The normalized spacial score (nSPS) is 18.0. The number of rotatable bonds is 6. The van der Waals surface area contributed by atoms with Crippen molar-refractivity contribution in [2.75, 3.05) is 6.54 Å². The van der Waals surface area contributed by atoms with Gasteiger partial charge in [-0.25, -0.2) is 0 Å². The molecule has 0 aromatic carbocycles. The van der Waals surface area contributed by atoms with E-state index in [0.717, 1.165) is 25.4 Å². The van der Waals surface area contributed by atoms with Crippen molar-refractivity contribution in [2.24, 2.45) is 11.7 Å². The van der Waals surface area contributed by atoms with Crippen molar-refractivity contribution < 1.29 is 0 Å². The molecular weight excluding hydrogens is 272 g/mol. The van der Waals surface area contributed by atoms with Crippen molar-refractivity contribution in [2.45, 2.75) is 31.8 Å². The summed E-state index contributed by atoms with van der Waals surface area (Å²) in [4.78, 5) is 1.38. The van der Waals surface area contributed by atoms with Crippen LogP contribution in [0.15, 0.2) is 15.9 Å². The first-order chi connectivity index (χ1) is 7.25. The average molecular weight is 289 g/mol. The van der Waals surface area contributed by atoms with Gasteiger partial charge in [0.1, 0.15) is 0 Å². The van der Waals surface area contributed by atoms with Gasteiger partial charge in [-0.2, -0.15) is 0 Å². The molecule has 3 N–H and O–H groups in total. The summed E-state index contributed by atoms with van der Waals surface area (Å²) in [6.45, 7) is 2.00. The third-order valence-corrected chi connectivity index (χ3v) is 4.43. The molecule has 2 nitrogen and oxygen atoms in total. The van der Waals surface area contributed by atoms with Crippen LogP contribution in [0.25, 0.3) is 0 Å². The van der Waals surface area contributed by atoms with Gasteiger partial charge in [0.2, 0.25) is 0 Å². The molecule has 1 aromatic heterocycles. The molecule has 1 fully saturated rings. The predicted molar refractivity (Wildman–Crippen MR) is 69.0 cm³/mol. The van der Waals surface area contributed by atoms with Crippen molar-refractivity contribution in [3.05, 3.63) is 20.8 Å². The van der Waals surface area contributed by atoms with Gasteiger partial charge in [0.15, 0.2) is 0 Å². The van der Waals surface area contributed by atoms with E-state index >= 15 is 0 Å². The van der Waals surface area contributed by atoms with Gasteiger partial charge in [0.25, 0.3) is 0 Å². The van der Waals surface area contributed by atoms with Crippen LogP contribution in [0.2, 0.25) is 0 Å². The van der Waals surface area contributed by atoms with Crippen LogP contribution in [0.5, 0.6) is 0 Å². The van der Waals surface area contributed by atoms with Gasteiger partial charge in [0, 0.05) is 17.5 Å². The second-order valence-electron chi connectivity index (χ2n) is 4.17. The maximum atomic E-state index is 6.02. The predicted octanol–water partition coefficient (Wildman–Crippen LogP) is 2.73. The first-order valence-electron chi connectivity index (χ1n) is 5.46. The van der Waals surface area contributed by atoms with Crippen molar-refractivity contribution in [1.29, 1.82) is 0 Å². The van der Waals surface area contributed by atoms with Gasteiger partial charge < -0.3 is 11.1 Å². The van der Waals surface area contributed by atoms with Crippen LogP contribution in [-0.2, 0) is 6.54 Å². The quantitative estimate of drug-likeness (QED) is 0.790. The molecule has 15 heavy (non-hydrogen) atoms. The van der Waals surface area contributed by atoms with Gasteiger partial charge in [0.05, 0.1) is 3.79 Å². The standard InChI is InChI=1S/C11H17BrN2S/c12-11-4-3-9(15-11)7-14-6-5-10(13)8-1-2-8/h3-4,8,10,14H,1-2,5-7,13H2. The van der Waals surface area contributed by atoms with E-state index in [1.54, 1.807) is 11.3 Å². The lowest BCUT2D eigenvalue weighted by Gasteiger charge is -2.09. The topological polar surface area (TPSA) is 38.0 Å². The molecule has 1 unspecified atom stereocenters. The van der Waals surface area contributed by atoms with E-state index in [1.807, 2.05) is 0 Å². The SMILES string of the molecule is NC(CCNCc1ccc(Br)s1)C1CC1. The van der Waals surface area contributed by atoms with E-state index in [4.69, 9.17) is 5.73 Å². The Morgan fingerprint density at radius 1 is 1.53 bits per heavy atom. The fourth-order valence-electron chi connectivity index (χ4n) is 1.69. The van der Waals surface area contributed by atoms with Crippen molar-refractivity contribution in [3.8, 4) is 0 Å². The highest BCUT2D eigenvalue weighted by Gasteiger charge is 2.27. The Labute approximate surface area is 103 Å². The lowest BCUT2D eigenvalue weighted by Crippen LogP contribution is -2.27. The highest BCUT2D eigenvalue weighted by Crippen LogP contribution is 2.32. The fraction of sp³-hybridized carbons (Fsp3) is 0.636. The van der Waals surface area contributed by atoms with E-state index in [9.17, 15) is 0 Å². The molecule has 0 aliphatic heterocycles. The van der Waals surface area contributed by atoms with Crippen LogP contribution in [0.4, 0.5) is 0 Å². The molecule has 1 aliphatic rings. The van der Waals surface area contributed by atoms with Crippen LogP contribution in [0.3, 0.4) is 0 Å². The number of thiophene rings is 1. The van der Waals surface area contributed by atoms with E-state index in [2.05, 4.69) is 33.4 Å². The molecule has 1 saturated carbocycles. The van der Waals surface area contributed by atoms with Crippen molar-refractivity contribution >= 4 is 27.3 Å². The summed E-state index contributed by atoms with van der Waals surface area (Å²) in [6, 6.07) is 4.67. The number of nitrogens with two attached hydrogens (primary N) is 1. The Hall–Kier alpha value is 0.1000. The Morgan fingerprint density at radius 2 is 2.33 bits per heavy atom. The van der Waals surface area contributed by atoms with Gasteiger partial charge in [-0.15, -0.1) is 11.3 Å². The minimum atomic E-state index is 0.424. The molecule has 0 radical (unpaired) electrons. The summed E-state index contributed by atoms with van der Waals surface area (Å²) in [7, 11) is 0. The molecule has 84 valence electrons. The van der Waals surface area contributed by atoms with Crippen LogP contribution in [0, 0.1) is 5.92 Å². The summed E-state index contributed by atoms with van der Waals surface area (Å²) >= 11 is 5.25. The van der Waals surface area contributed by atoms with Gasteiger partial charge in [-0.3, -0.25) is 0 Å². The maximum absolute atomic E-state index is 6.02. The molecule has 1 aliphatic carbocycles. The molecule has 0 saturated heterocycles. The minimum absolute atomic E-state index is 0.424. The van der Waals surface area contributed by atoms with Crippen LogP contribution in [0.1, 0.15) is 24.1 Å². The lowest BCUT2D eigenvalue weighted by molar-refractivity contribution is 0.518. The van der Waals surface area contributed by atoms with Gasteiger partial charge >= 0.3 is 0 Å². The largest absolute Gasteiger partial charge is 0.327 e. The summed E-state index contributed by atoms with van der Waals surface area (Å²) in [6.07, 6.45) is 3.80. The fourth-order valence-corrected chi connectivity index (χ4v) is 3.14. The van der Waals surface area contributed by atoms with E-state index in [-0.39, 0.29) is 0 Å². The van der Waals surface area contributed by atoms with Crippen LogP contribution < -0.4 is 11.1 Å². The highest BCUT2D eigenvalue weighted by molar-refractivity contribution is 9.11. The maximum Gasteiger partial charge on any atom is 0.0701 e. The molecule has 0 spiro atoms. The summed E-state index contributed by atoms with van der Waals surface area (Å²) in [5.74, 6) is 0.822. The lowest BCUT2D eigenvalue weighted by atomic mass is 10.1. The summed E-state index contributed by atoms with van der Waals surface area (Å²) in [5, 5.41) is 3.44. The van der Waals surface area contributed by atoms with E-state index in [0.29, 0.717) is 6.04 Å². The molecule has 1 atom stereocenters. The van der Waals surface area contributed by atoms with Gasteiger partial charge in [-0.1, -0.05) is 0 Å². The number of hydrogen-bond donors (Lipinski definition) is 2. The number of hydrogen-bond acceptors (Lipinski definition) is 3. The zero-order valence-electron chi connectivity index (χ0n) is 8.71. The van der Waals surface area contributed by atoms with Crippen molar-refractivity contribution in [3.63, 3.8) is 0 Å². The third-order valence-electron chi connectivity index (χ3n) is 2.81. The zero-order valence-corrected chi connectivity index (χ0v) is 11.1. The first-order valence-corrected chi connectivity index (χ1v) is 7.07. The van der Waals surface area contributed by atoms with Crippen molar-refractivity contribution in [1.82, 2.24) is 5.32 Å².